The number of nitrogens with two attached hydrogens (primary N) is 1. The molecular formula is C10H12BrFN2O2S. The second-order valence-electron chi connectivity index (χ2n) is 4.47. The molecule has 3 N–H and O–H groups in total. The molecule has 94 valence electrons. The lowest BCUT2D eigenvalue weighted by Gasteiger charge is -2.13. The van der Waals surface area contributed by atoms with E-state index in [9.17, 15) is 12.8 Å². The minimum atomic E-state index is -3.67. The standard InChI is InChI=1S/C10H12BrFN2O2S/c1-10(2-3-10)14-17(15,16)9-5-8(13)7(12)4-6(9)11/h4-5,14H,2-3,13H2,1H3. The van der Waals surface area contributed by atoms with Gasteiger partial charge in [0.25, 0.3) is 0 Å². The molecule has 7 heteroatoms. The van der Waals surface area contributed by atoms with Crippen molar-refractivity contribution < 1.29 is 12.8 Å². The van der Waals surface area contributed by atoms with Crippen LogP contribution in [0, 0.1) is 5.82 Å². The lowest BCUT2D eigenvalue weighted by molar-refractivity contribution is 0.557. The number of nitrogens with one attached hydrogen (secondary N) is 1. The van der Waals surface area contributed by atoms with Crippen LogP contribution in [0.4, 0.5) is 10.1 Å². The molecule has 0 bridgehead atoms. The molecule has 0 radical (unpaired) electrons. The topological polar surface area (TPSA) is 72.2 Å². The van der Waals surface area contributed by atoms with Crippen LogP contribution in [0.3, 0.4) is 0 Å². The van der Waals surface area contributed by atoms with Crippen molar-refractivity contribution in [2.24, 2.45) is 0 Å². The van der Waals surface area contributed by atoms with Crippen LogP contribution in [0.25, 0.3) is 0 Å². The Labute approximate surface area is 108 Å². The van der Waals surface area contributed by atoms with Gasteiger partial charge in [-0.05, 0) is 47.8 Å². The zero-order chi connectivity index (χ0) is 12.8. The summed E-state index contributed by atoms with van der Waals surface area (Å²) in [5, 5.41) is 0. The number of hydrogen-bond acceptors (Lipinski definition) is 3. The molecule has 1 aromatic carbocycles. The summed E-state index contributed by atoms with van der Waals surface area (Å²) in [6, 6.07) is 2.17. The molecule has 1 aliphatic rings. The predicted molar refractivity (Wildman–Crippen MR) is 66.5 cm³/mol. The fourth-order valence-corrected chi connectivity index (χ4v) is 3.94. The summed E-state index contributed by atoms with van der Waals surface area (Å²) in [5.41, 5.74) is 4.82. The van der Waals surface area contributed by atoms with Crippen molar-refractivity contribution in [3.05, 3.63) is 22.4 Å². The molecule has 1 fully saturated rings. The maximum absolute atomic E-state index is 13.1. The van der Waals surface area contributed by atoms with Gasteiger partial charge in [-0.25, -0.2) is 17.5 Å². The van der Waals surface area contributed by atoms with Gasteiger partial charge in [-0.2, -0.15) is 0 Å². The number of rotatable bonds is 3. The van der Waals surface area contributed by atoms with Crippen LogP contribution >= 0.6 is 15.9 Å². The van der Waals surface area contributed by atoms with E-state index < -0.39 is 15.8 Å². The van der Waals surface area contributed by atoms with E-state index in [1.807, 2.05) is 6.92 Å². The van der Waals surface area contributed by atoms with E-state index in [-0.39, 0.29) is 20.6 Å². The quantitative estimate of drug-likeness (QED) is 0.836. The Morgan fingerprint density at radius 3 is 2.59 bits per heavy atom. The Balaban J connectivity index is 2.42. The zero-order valence-electron chi connectivity index (χ0n) is 9.13. The van der Waals surface area contributed by atoms with Crippen molar-refractivity contribution in [1.82, 2.24) is 4.72 Å². The average molecular weight is 323 g/mol. The summed E-state index contributed by atoms with van der Waals surface area (Å²) in [6.45, 7) is 1.82. The number of sulfonamides is 1. The van der Waals surface area contributed by atoms with Crippen LogP contribution in [0.15, 0.2) is 21.5 Å². The van der Waals surface area contributed by atoms with Gasteiger partial charge in [0, 0.05) is 10.0 Å². The highest BCUT2D eigenvalue weighted by atomic mass is 79.9. The number of halogens is 2. The van der Waals surface area contributed by atoms with Crippen LogP contribution in [-0.2, 0) is 10.0 Å². The first kappa shape index (κ1) is 12.8. The van der Waals surface area contributed by atoms with Crippen molar-refractivity contribution in [3.8, 4) is 0 Å². The number of anilines is 1. The molecule has 17 heavy (non-hydrogen) atoms. The van der Waals surface area contributed by atoms with Crippen molar-refractivity contribution in [3.63, 3.8) is 0 Å². The third-order valence-electron chi connectivity index (χ3n) is 2.72. The molecule has 4 nitrogen and oxygen atoms in total. The van der Waals surface area contributed by atoms with Crippen LogP contribution in [0.1, 0.15) is 19.8 Å². The van der Waals surface area contributed by atoms with Crippen molar-refractivity contribution in [2.75, 3.05) is 5.73 Å². The molecule has 1 saturated carbocycles. The highest BCUT2D eigenvalue weighted by molar-refractivity contribution is 9.10. The number of nitrogen functional groups attached to an aromatic ring is 1. The van der Waals surface area contributed by atoms with E-state index in [1.165, 1.54) is 0 Å². The third kappa shape index (κ3) is 2.61. The van der Waals surface area contributed by atoms with Gasteiger partial charge in [-0.1, -0.05) is 0 Å². The summed E-state index contributed by atoms with van der Waals surface area (Å²) in [4.78, 5) is -0.0375. The summed E-state index contributed by atoms with van der Waals surface area (Å²) >= 11 is 3.03. The Hall–Kier alpha value is -0.660. The summed E-state index contributed by atoms with van der Waals surface area (Å²) in [6.07, 6.45) is 1.61. The number of benzene rings is 1. The molecule has 2 rings (SSSR count). The second kappa shape index (κ2) is 3.93. The van der Waals surface area contributed by atoms with Gasteiger partial charge >= 0.3 is 0 Å². The van der Waals surface area contributed by atoms with Crippen LogP contribution in [0.5, 0.6) is 0 Å². The molecule has 0 aromatic heterocycles. The summed E-state index contributed by atoms with van der Waals surface area (Å²) in [5.74, 6) is -0.645. The smallest absolute Gasteiger partial charge is 0.242 e. The lowest BCUT2D eigenvalue weighted by Crippen LogP contribution is -2.34. The first-order valence-corrected chi connectivity index (χ1v) is 7.30. The SMILES string of the molecule is CC1(NS(=O)(=O)c2cc(N)c(F)cc2Br)CC1. The second-order valence-corrected chi connectivity index (χ2v) is 6.98. The van der Waals surface area contributed by atoms with E-state index >= 15 is 0 Å². The molecule has 0 saturated heterocycles. The lowest BCUT2D eigenvalue weighted by atomic mass is 10.3. The van der Waals surface area contributed by atoms with Gasteiger partial charge < -0.3 is 5.73 Å². The first-order chi connectivity index (χ1) is 7.73. The van der Waals surface area contributed by atoms with Crippen LogP contribution in [0.2, 0.25) is 0 Å². The Kier molecular flexibility index (Phi) is 2.95. The van der Waals surface area contributed by atoms with E-state index in [0.29, 0.717) is 0 Å². The van der Waals surface area contributed by atoms with E-state index in [1.54, 1.807) is 0 Å². The molecule has 0 spiro atoms. The van der Waals surface area contributed by atoms with E-state index in [0.717, 1.165) is 25.0 Å². The zero-order valence-corrected chi connectivity index (χ0v) is 11.5. The summed E-state index contributed by atoms with van der Waals surface area (Å²) < 4.78 is 40.0. The van der Waals surface area contributed by atoms with Crippen LogP contribution in [-0.4, -0.2) is 14.0 Å². The molecular weight excluding hydrogens is 311 g/mol. The molecule has 1 aromatic rings. The van der Waals surface area contributed by atoms with Gasteiger partial charge in [-0.15, -0.1) is 0 Å². The summed E-state index contributed by atoms with van der Waals surface area (Å²) in [7, 11) is -3.67. The fourth-order valence-electron chi connectivity index (χ4n) is 1.42. The highest BCUT2D eigenvalue weighted by Gasteiger charge is 2.41. The third-order valence-corrected chi connectivity index (χ3v) is 5.32. The fraction of sp³-hybridized carbons (Fsp3) is 0.400. The molecule has 0 heterocycles. The van der Waals surface area contributed by atoms with Gasteiger partial charge in [0.05, 0.1) is 10.6 Å². The Morgan fingerprint density at radius 1 is 1.47 bits per heavy atom. The monoisotopic (exact) mass is 322 g/mol. The van der Waals surface area contributed by atoms with Gasteiger partial charge in [0.1, 0.15) is 5.82 Å². The molecule has 0 unspecified atom stereocenters. The maximum Gasteiger partial charge on any atom is 0.242 e. The first-order valence-electron chi connectivity index (χ1n) is 5.02. The largest absolute Gasteiger partial charge is 0.396 e. The van der Waals surface area contributed by atoms with E-state index in [4.69, 9.17) is 5.73 Å². The van der Waals surface area contributed by atoms with Crippen molar-refractivity contribution in [2.45, 2.75) is 30.2 Å². The molecule has 0 amide bonds. The average Bonchev–Trinajstić information content (AvgIpc) is 2.88. The number of hydrogen-bond donors (Lipinski definition) is 2. The minimum absolute atomic E-state index is 0.0375. The van der Waals surface area contributed by atoms with E-state index in [2.05, 4.69) is 20.7 Å². The molecule has 0 aliphatic heterocycles. The van der Waals surface area contributed by atoms with Crippen molar-refractivity contribution in [1.29, 1.82) is 0 Å². The Morgan fingerprint density at radius 2 is 2.06 bits per heavy atom. The maximum atomic E-state index is 13.1. The molecule has 1 aliphatic carbocycles. The normalized spacial score (nSPS) is 18.1. The van der Waals surface area contributed by atoms with Crippen LogP contribution < -0.4 is 10.5 Å². The Bertz CT molecular complexity index is 570. The predicted octanol–water partition coefficient (Wildman–Crippen LogP) is 2.00. The van der Waals surface area contributed by atoms with Gasteiger partial charge in [-0.3, -0.25) is 0 Å². The minimum Gasteiger partial charge on any atom is -0.396 e. The molecule has 0 atom stereocenters. The van der Waals surface area contributed by atoms with Crippen molar-refractivity contribution >= 4 is 31.6 Å². The van der Waals surface area contributed by atoms with Gasteiger partial charge in [0.2, 0.25) is 10.0 Å². The highest BCUT2D eigenvalue weighted by Crippen LogP contribution is 2.37. The van der Waals surface area contributed by atoms with Gasteiger partial charge in [0.15, 0.2) is 0 Å².